The second kappa shape index (κ2) is 8.18. The van der Waals surface area contributed by atoms with Gasteiger partial charge in [0.05, 0.1) is 18.8 Å². The van der Waals surface area contributed by atoms with Gasteiger partial charge >= 0.3 is 6.09 Å². The van der Waals surface area contributed by atoms with Crippen molar-refractivity contribution >= 4 is 11.8 Å². The van der Waals surface area contributed by atoms with Crippen LogP contribution in [0, 0.1) is 0 Å². The third kappa shape index (κ3) is 4.72. The number of hydrogen-bond acceptors (Lipinski definition) is 5. The van der Waals surface area contributed by atoms with Crippen LogP contribution in [0.15, 0.2) is 65.5 Å². The molecule has 1 amide bonds. The fourth-order valence-electron chi connectivity index (χ4n) is 2.55. The molecule has 0 atom stereocenters. The number of nitrogens with one attached hydrogen (secondary N) is 1. The summed E-state index contributed by atoms with van der Waals surface area (Å²) in [5, 5.41) is 16.4. The molecule has 3 aromatic rings. The molecule has 0 aliphatic rings. The lowest BCUT2D eigenvalue weighted by molar-refractivity contribution is 0.168. The number of phenolic OH excluding ortho intramolecular Hbond substituents is 1. The van der Waals surface area contributed by atoms with Crippen LogP contribution in [0.2, 0.25) is 0 Å². The fraction of sp³-hybridized carbons (Fsp3) is 0.150. The second-order valence-corrected chi connectivity index (χ2v) is 5.81. The van der Waals surface area contributed by atoms with Crippen LogP contribution in [-0.4, -0.2) is 27.6 Å². The molecule has 0 fully saturated rings. The first-order valence-corrected chi connectivity index (χ1v) is 8.45. The standard InChI is InChI=1S/C20H19N3O4/c1-2-27-20(26)21-16-5-3-4-14(12-16)13-23-19(25)11-10-18(22-23)15-6-8-17(24)9-7-15/h3-12,24H,2,13H2,1H3,(H,21,26). The van der Waals surface area contributed by atoms with E-state index >= 15 is 0 Å². The summed E-state index contributed by atoms with van der Waals surface area (Å²) in [6.07, 6.45) is -0.528. The first-order valence-electron chi connectivity index (χ1n) is 8.45. The Morgan fingerprint density at radius 2 is 1.93 bits per heavy atom. The molecule has 0 spiro atoms. The third-order valence-electron chi connectivity index (χ3n) is 3.81. The van der Waals surface area contributed by atoms with Crippen molar-refractivity contribution in [3.63, 3.8) is 0 Å². The Morgan fingerprint density at radius 1 is 1.15 bits per heavy atom. The molecule has 7 nitrogen and oxygen atoms in total. The van der Waals surface area contributed by atoms with Gasteiger partial charge in [-0.05, 0) is 55.0 Å². The van der Waals surface area contributed by atoms with E-state index in [2.05, 4.69) is 10.4 Å². The van der Waals surface area contributed by atoms with E-state index < -0.39 is 6.09 Å². The molecule has 138 valence electrons. The highest BCUT2D eigenvalue weighted by atomic mass is 16.5. The van der Waals surface area contributed by atoms with Crippen molar-refractivity contribution in [1.29, 1.82) is 0 Å². The van der Waals surface area contributed by atoms with Gasteiger partial charge < -0.3 is 9.84 Å². The van der Waals surface area contributed by atoms with E-state index in [1.54, 1.807) is 55.5 Å². The van der Waals surface area contributed by atoms with Gasteiger partial charge in [-0.1, -0.05) is 12.1 Å². The van der Waals surface area contributed by atoms with Crippen LogP contribution in [0.5, 0.6) is 5.75 Å². The molecule has 1 heterocycles. The van der Waals surface area contributed by atoms with Gasteiger partial charge in [0.1, 0.15) is 5.75 Å². The summed E-state index contributed by atoms with van der Waals surface area (Å²) in [6, 6.07) is 16.8. The number of amides is 1. The summed E-state index contributed by atoms with van der Waals surface area (Å²) in [6.45, 7) is 2.27. The zero-order valence-corrected chi connectivity index (χ0v) is 14.8. The van der Waals surface area contributed by atoms with E-state index in [1.807, 2.05) is 6.07 Å². The Morgan fingerprint density at radius 3 is 2.67 bits per heavy atom. The molecule has 1 aromatic heterocycles. The lowest BCUT2D eigenvalue weighted by Crippen LogP contribution is -2.23. The number of carbonyl (C=O) groups is 1. The molecule has 0 bridgehead atoms. The maximum Gasteiger partial charge on any atom is 0.411 e. The van der Waals surface area contributed by atoms with Crippen molar-refractivity contribution in [3.05, 3.63) is 76.6 Å². The van der Waals surface area contributed by atoms with Crippen LogP contribution in [-0.2, 0) is 11.3 Å². The minimum atomic E-state index is -0.528. The maximum absolute atomic E-state index is 12.2. The van der Waals surface area contributed by atoms with Crippen molar-refractivity contribution in [1.82, 2.24) is 9.78 Å². The van der Waals surface area contributed by atoms with Crippen molar-refractivity contribution in [2.24, 2.45) is 0 Å². The molecular formula is C20H19N3O4. The lowest BCUT2D eigenvalue weighted by atomic mass is 10.1. The molecule has 27 heavy (non-hydrogen) atoms. The summed E-state index contributed by atoms with van der Waals surface area (Å²) >= 11 is 0. The van der Waals surface area contributed by atoms with Crippen molar-refractivity contribution in [2.45, 2.75) is 13.5 Å². The molecule has 0 radical (unpaired) electrons. The zero-order valence-electron chi connectivity index (χ0n) is 14.8. The van der Waals surface area contributed by atoms with Crippen LogP contribution in [0.3, 0.4) is 0 Å². The third-order valence-corrected chi connectivity index (χ3v) is 3.81. The molecule has 2 aromatic carbocycles. The monoisotopic (exact) mass is 365 g/mol. The number of aromatic hydroxyl groups is 1. The molecule has 0 unspecified atom stereocenters. The summed E-state index contributed by atoms with van der Waals surface area (Å²) in [5.41, 5.74) is 2.56. The number of ether oxygens (including phenoxy) is 1. The first kappa shape index (κ1) is 18.2. The number of benzene rings is 2. The number of hydrogen-bond donors (Lipinski definition) is 2. The Labute approximate surface area is 155 Å². The van der Waals surface area contributed by atoms with Gasteiger partial charge in [-0.2, -0.15) is 5.10 Å². The Hall–Kier alpha value is -3.61. The lowest BCUT2D eigenvalue weighted by Gasteiger charge is -2.10. The van der Waals surface area contributed by atoms with Crippen LogP contribution in [0.25, 0.3) is 11.3 Å². The van der Waals surface area contributed by atoms with Gasteiger partial charge in [0, 0.05) is 17.3 Å². The normalized spacial score (nSPS) is 10.4. The van der Waals surface area contributed by atoms with Crippen LogP contribution < -0.4 is 10.9 Å². The van der Waals surface area contributed by atoms with Gasteiger partial charge in [-0.3, -0.25) is 10.1 Å². The number of phenols is 1. The number of carbonyl (C=O) groups excluding carboxylic acids is 1. The topological polar surface area (TPSA) is 93.4 Å². The smallest absolute Gasteiger partial charge is 0.411 e. The highest BCUT2D eigenvalue weighted by molar-refractivity contribution is 5.84. The first-order chi connectivity index (χ1) is 13.0. The van der Waals surface area contributed by atoms with Crippen LogP contribution in [0.4, 0.5) is 10.5 Å². The average molecular weight is 365 g/mol. The summed E-state index contributed by atoms with van der Waals surface area (Å²) in [4.78, 5) is 23.7. The van der Waals surface area contributed by atoms with Gasteiger partial charge in [0.25, 0.3) is 5.56 Å². The molecular weight excluding hydrogens is 346 g/mol. The van der Waals surface area contributed by atoms with Crippen LogP contribution >= 0.6 is 0 Å². The van der Waals surface area contributed by atoms with Crippen molar-refractivity contribution in [2.75, 3.05) is 11.9 Å². The molecule has 0 saturated carbocycles. The van der Waals surface area contributed by atoms with Crippen LogP contribution in [0.1, 0.15) is 12.5 Å². The predicted molar refractivity (Wildman–Crippen MR) is 102 cm³/mol. The van der Waals surface area contributed by atoms with E-state index in [0.29, 0.717) is 11.4 Å². The van der Waals surface area contributed by atoms with Gasteiger partial charge in [-0.25, -0.2) is 9.48 Å². The average Bonchev–Trinajstić information content (AvgIpc) is 2.65. The van der Waals surface area contributed by atoms with Gasteiger partial charge in [0.2, 0.25) is 0 Å². The Bertz CT molecular complexity index is 997. The quantitative estimate of drug-likeness (QED) is 0.724. The fourth-order valence-corrected chi connectivity index (χ4v) is 2.55. The number of aromatic nitrogens is 2. The van der Waals surface area contributed by atoms with E-state index in [-0.39, 0.29) is 24.5 Å². The molecule has 7 heteroatoms. The second-order valence-electron chi connectivity index (χ2n) is 5.81. The number of anilines is 1. The number of rotatable bonds is 5. The van der Waals surface area contributed by atoms with E-state index in [0.717, 1.165) is 11.1 Å². The van der Waals surface area contributed by atoms with Crippen molar-refractivity contribution in [3.8, 4) is 17.0 Å². The highest BCUT2D eigenvalue weighted by Gasteiger charge is 2.07. The van der Waals surface area contributed by atoms with Crippen molar-refractivity contribution < 1.29 is 14.6 Å². The molecule has 0 aliphatic carbocycles. The number of nitrogens with zero attached hydrogens (tertiary/aromatic N) is 2. The molecule has 3 rings (SSSR count). The molecule has 0 saturated heterocycles. The zero-order chi connectivity index (χ0) is 19.2. The minimum Gasteiger partial charge on any atom is -0.508 e. The summed E-state index contributed by atoms with van der Waals surface area (Å²) in [5.74, 6) is 0.165. The van der Waals surface area contributed by atoms with E-state index in [1.165, 1.54) is 10.7 Å². The highest BCUT2D eigenvalue weighted by Crippen LogP contribution is 2.19. The SMILES string of the molecule is CCOC(=O)Nc1cccc(Cn2nc(-c3ccc(O)cc3)ccc2=O)c1. The maximum atomic E-state index is 12.2. The summed E-state index contributed by atoms with van der Waals surface area (Å²) < 4.78 is 6.21. The summed E-state index contributed by atoms with van der Waals surface area (Å²) in [7, 11) is 0. The van der Waals surface area contributed by atoms with Gasteiger partial charge in [-0.15, -0.1) is 0 Å². The Kier molecular flexibility index (Phi) is 5.51. The van der Waals surface area contributed by atoms with E-state index in [9.17, 15) is 14.7 Å². The Balaban J connectivity index is 1.83. The largest absolute Gasteiger partial charge is 0.508 e. The molecule has 2 N–H and O–H groups in total. The predicted octanol–water partition coefficient (Wildman–Crippen LogP) is 3.23. The van der Waals surface area contributed by atoms with Gasteiger partial charge in [0.15, 0.2) is 0 Å². The molecule has 0 aliphatic heterocycles. The minimum absolute atomic E-state index is 0.165. The van der Waals surface area contributed by atoms with E-state index in [4.69, 9.17) is 4.74 Å².